The second-order valence-electron chi connectivity index (χ2n) is 5.22. The van der Waals surface area contributed by atoms with Gasteiger partial charge in [0.15, 0.2) is 5.16 Å². The summed E-state index contributed by atoms with van der Waals surface area (Å²) < 4.78 is 2.13. The fraction of sp³-hybridized carbons (Fsp3) is 0.222. The van der Waals surface area contributed by atoms with Crippen LogP contribution in [0.5, 0.6) is 0 Å². The van der Waals surface area contributed by atoms with Crippen LogP contribution in [0, 0.1) is 0 Å². The molecule has 0 N–H and O–H groups in total. The Labute approximate surface area is 145 Å². The van der Waals surface area contributed by atoms with E-state index in [4.69, 9.17) is 11.6 Å². The van der Waals surface area contributed by atoms with Gasteiger partial charge < -0.3 is 0 Å². The minimum atomic E-state index is 0.731. The molecule has 23 heavy (non-hydrogen) atoms. The van der Waals surface area contributed by atoms with Gasteiger partial charge >= 0.3 is 0 Å². The molecule has 0 aliphatic heterocycles. The number of hydrogen-bond donors (Lipinski definition) is 0. The van der Waals surface area contributed by atoms with E-state index >= 15 is 0 Å². The molecule has 0 saturated carbocycles. The monoisotopic (exact) mass is 343 g/mol. The Hall–Kier alpha value is -1.78. The minimum Gasteiger partial charge on any atom is -0.274 e. The molecule has 3 nitrogen and oxygen atoms in total. The molecule has 3 aromatic rings. The third-order valence-electron chi connectivity index (χ3n) is 3.43. The van der Waals surface area contributed by atoms with Crippen molar-refractivity contribution in [2.24, 2.45) is 0 Å². The number of aromatic nitrogens is 3. The molecule has 0 aliphatic carbocycles. The number of rotatable bonds is 6. The van der Waals surface area contributed by atoms with Crippen LogP contribution in [-0.4, -0.2) is 20.5 Å². The van der Waals surface area contributed by atoms with Crippen molar-refractivity contribution >= 4 is 23.4 Å². The number of hydrogen-bond acceptors (Lipinski definition) is 3. The smallest absolute Gasteiger partial charge is 0.195 e. The summed E-state index contributed by atoms with van der Waals surface area (Å²) in [5.41, 5.74) is 2.27. The summed E-state index contributed by atoms with van der Waals surface area (Å²) in [5, 5.41) is 10.5. The molecule has 0 bridgehead atoms. The van der Waals surface area contributed by atoms with Crippen LogP contribution in [0.1, 0.15) is 24.7 Å². The Balaban J connectivity index is 1.98. The van der Waals surface area contributed by atoms with Crippen LogP contribution < -0.4 is 0 Å². The lowest BCUT2D eigenvalue weighted by atomic mass is 10.1. The average Bonchev–Trinajstić information content (AvgIpc) is 2.97. The molecule has 3 rings (SSSR count). The summed E-state index contributed by atoms with van der Waals surface area (Å²) in [5.74, 6) is 1.97. The highest BCUT2D eigenvalue weighted by atomic mass is 35.5. The highest BCUT2D eigenvalue weighted by Crippen LogP contribution is 2.24. The van der Waals surface area contributed by atoms with Crippen molar-refractivity contribution < 1.29 is 0 Å². The molecule has 0 radical (unpaired) electrons. The molecule has 0 saturated heterocycles. The summed E-state index contributed by atoms with van der Waals surface area (Å²) in [6.45, 7) is 2.17. The predicted octanol–water partition coefficient (Wildman–Crippen LogP) is 5.01. The summed E-state index contributed by atoms with van der Waals surface area (Å²) >= 11 is 7.75. The van der Waals surface area contributed by atoms with Gasteiger partial charge in [-0.15, -0.1) is 10.2 Å². The van der Waals surface area contributed by atoms with Gasteiger partial charge in [0.25, 0.3) is 0 Å². The fourth-order valence-electron chi connectivity index (χ4n) is 2.33. The van der Waals surface area contributed by atoms with E-state index in [1.807, 2.05) is 42.5 Å². The molecule has 0 aliphatic rings. The molecule has 1 aromatic heterocycles. The molecule has 118 valence electrons. The van der Waals surface area contributed by atoms with E-state index in [9.17, 15) is 0 Å². The van der Waals surface area contributed by atoms with Gasteiger partial charge in [0.1, 0.15) is 5.82 Å². The van der Waals surface area contributed by atoms with Crippen LogP contribution in [0.4, 0.5) is 0 Å². The SMILES string of the molecule is CCCSc1nnc(Cc2ccccc2)n1-c1ccc(Cl)cc1. The normalized spacial score (nSPS) is 10.9. The Kier molecular flexibility index (Phi) is 5.36. The van der Waals surface area contributed by atoms with Crippen molar-refractivity contribution in [3.05, 3.63) is 71.0 Å². The predicted molar refractivity (Wildman–Crippen MR) is 96.6 cm³/mol. The van der Waals surface area contributed by atoms with Gasteiger partial charge in [-0.05, 0) is 36.2 Å². The lowest BCUT2D eigenvalue weighted by molar-refractivity contribution is 0.847. The zero-order chi connectivity index (χ0) is 16.1. The lowest BCUT2D eigenvalue weighted by Crippen LogP contribution is -2.04. The molecule has 0 spiro atoms. The van der Waals surface area contributed by atoms with Crippen LogP contribution in [-0.2, 0) is 6.42 Å². The van der Waals surface area contributed by atoms with Crippen LogP contribution in [0.2, 0.25) is 5.02 Å². The van der Waals surface area contributed by atoms with Crippen LogP contribution in [0.3, 0.4) is 0 Å². The molecule has 2 aromatic carbocycles. The zero-order valence-electron chi connectivity index (χ0n) is 12.9. The average molecular weight is 344 g/mol. The van der Waals surface area contributed by atoms with Gasteiger partial charge in [-0.2, -0.15) is 0 Å². The van der Waals surface area contributed by atoms with Crippen molar-refractivity contribution in [3.63, 3.8) is 0 Å². The van der Waals surface area contributed by atoms with Crippen LogP contribution in [0.25, 0.3) is 5.69 Å². The minimum absolute atomic E-state index is 0.731. The first-order valence-electron chi connectivity index (χ1n) is 7.65. The topological polar surface area (TPSA) is 30.7 Å². The first-order chi connectivity index (χ1) is 11.3. The van der Waals surface area contributed by atoms with E-state index in [1.165, 1.54) is 5.56 Å². The quantitative estimate of drug-likeness (QED) is 0.589. The molecule has 0 atom stereocenters. The number of halogens is 1. The molecule has 1 heterocycles. The fourth-order valence-corrected chi connectivity index (χ4v) is 3.28. The van der Waals surface area contributed by atoms with Gasteiger partial charge in [-0.1, -0.05) is 60.6 Å². The maximum absolute atomic E-state index is 6.02. The largest absolute Gasteiger partial charge is 0.274 e. The number of thioether (sulfide) groups is 1. The molecular formula is C18H18ClN3S. The number of benzene rings is 2. The van der Waals surface area contributed by atoms with Crippen molar-refractivity contribution in [3.8, 4) is 5.69 Å². The van der Waals surface area contributed by atoms with E-state index in [0.717, 1.165) is 40.3 Å². The van der Waals surface area contributed by atoms with Crippen molar-refractivity contribution in [1.82, 2.24) is 14.8 Å². The summed E-state index contributed by atoms with van der Waals surface area (Å²) in [4.78, 5) is 0. The van der Waals surface area contributed by atoms with Gasteiger partial charge in [-0.25, -0.2) is 0 Å². The third kappa shape index (κ3) is 3.95. The maximum Gasteiger partial charge on any atom is 0.195 e. The second-order valence-corrected chi connectivity index (χ2v) is 6.72. The van der Waals surface area contributed by atoms with Gasteiger partial charge in [-0.3, -0.25) is 4.57 Å². The highest BCUT2D eigenvalue weighted by Gasteiger charge is 2.14. The van der Waals surface area contributed by atoms with E-state index < -0.39 is 0 Å². The zero-order valence-corrected chi connectivity index (χ0v) is 14.5. The van der Waals surface area contributed by atoms with Crippen molar-refractivity contribution in [2.45, 2.75) is 24.9 Å². The first kappa shape index (κ1) is 16.1. The molecule has 0 amide bonds. The molecular weight excluding hydrogens is 326 g/mol. The van der Waals surface area contributed by atoms with Crippen LogP contribution in [0.15, 0.2) is 59.8 Å². The lowest BCUT2D eigenvalue weighted by Gasteiger charge is -2.10. The molecule has 0 fully saturated rings. The van der Waals surface area contributed by atoms with E-state index in [-0.39, 0.29) is 0 Å². The standard InChI is InChI=1S/C18H18ClN3S/c1-2-12-23-18-21-20-17(13-14-6-4-3-5-7-14)22(18)16-10-8-15(19)9-11-16/h3-11H,2,12-13H2,1H3. The van der Waals surface area contributed by atoms with Crippen molar-refractivity contribution in [1.29, 1.82) is 0 Å². The van der Waals surface area contributed by atoms with Crippen LogP contribution >= 0.6 is 23.4 Å². The Morgan fingerprint density at radius 1 is 1.00 bits per heavy atom. The molecule has 5 heteroatoms. The highest BCUT2D eigenvalue weighted by molar-refractivity contribution is 7.99. The Morgan fingerprint density at radius 3 is 2.43 bits per heavy atom. The van der Waals surface area contributed by atoms with Gasteiger partial charge in [0.2, 0.25) is 0 Å². The molecule has 0 unspecified atom stereocenters. The van der Waals surface area contributed by atoms with Crippen molar-refractivity contribution in [2.75, 3.05) is 5.75 Å². The second kappa shape index (κ2) is 7.66. The summed E-state index contributed by atoms with van der Waals surface area (Å²) in [6.07, 6.45) is 1.86. The number of nitrogens with zero attached hydrogens (tertiary/aromatic N) is 3. The Morgan fingerprint density at radius 2 is 1.74 bits per heavy atom. The third-order valence-corrected chi connectivity index (χ3v) is 4.81. The first-order valence-corrected chi connectivity index (χ1v) is 9.01. The van der Waals surface area contributed by atoms with E-state index in [1.54, 1.807) is 11.8 Å². The van der Waals surface area contributed by atoms with Gasteiger partial charge in [0.05, 0.1) is 0 Å². The van der Waals surface area contributed by atoms with Gasteiger partial charge in [0, 0.05) is 22.9 Å². The maximum atomic E-state index is 6.02. The summed E-state index contributed by atoms with van der Waals surface area (Å²) in [7, 11) is 0. The van der Waals surface area contributed by atoms with E-state index in [0.29, 0.717) is 0 Å². The Bertz CT molecular complexity index is 754. The van der Waals surface area contributed by atoms with E-state index in [2.05, 4.69) is 33.8 Å². The summed E-state index contributed by atoms with van der Waals surface area (Å²) in [6, 6.07) is 18.2.